The first-order valence-electron chi connectivity index (χ1n) is 6.34. The summed E-state index contributed by atoms with van der Waals surface area (Å²) in [6.45, 7) is 6.28. The Labute approximate surface area is 111 Å². The molecule has 1 spiro atoms. The fraction of sp³-hybridized carbons (Fsp3) is 0.500. The van der Waals surface area contributed by atoms with Gasteiger partial charge in [-0.05, 0) is 26.8 Å². The Morgan fingerprint density at radius 1 is 1.37 bits per heavy atom. The molecule has 5 heteroatoms. The van der Waals surface area contributed by atoms with Crippen LogP contribution in [0.4, 0.5) is 0 Å². The zero-order valence-electron chi connectivity index (χ0n) is 11.1. The Hall–Kier alpha value is -1.59. The number of phenolic OH excluding ortho intramolecular Hbond substituents is 1. The summed E-state index contributed by atoms with van der Waals surface area (Å²) in [7, 11) is 0. The number of ketones is 1. The molecule has 0 bridgehead atoms. The molecule has 3 rings (SSSR count). The lowest BCUT2D eigenvalue weighted by molar-refractivity contribution is -0.137. The number of Topliss-reactive ketones (excluding diaryl/α,β-unsaturated/α-hetero) is 1. The van der Waals surface area contributed by atoms with Crippen LogP contribution in [-0.2, 0) is 15.3 Å². The Kier molecular flexibility index (Phi) is 2.59. The minimum Gasteiger partial charge on any atom is -0.507 e. The number of phenols is 1. The maximum atomic E-state index is 12.1. The van der Waals surface area contributed by atoms with Crippen LogP contribution in [0.5, 0.6) is 11.5 Å². The molecule has 102 valence electrons. The highest BCUT2D eigenvalue weighted by molar-refractivity contribution is 6.14. The minimum atomic E-state index is -1.31. The van der Waals surface area contributed by atoms with Gasteiger partial charge in [-0.3, -0.25) is 4.79 Å². The van der Waals surface area contributed by atoms with Crippen molar-refractivity contribution in [2.45, 2.75) is 32.7 Å². The third-order valence-corrected chi connectivity index (χ3v) is 3.44. The van der Waals surface area contributed by atoms with Gasteiger partial charge in [0.25, 0.3) is 5.79 Å². The summed E-state index contributed by atoms with van der Waals surface area (Å²) in [4.78, 5) is 12.1. The number of carbonyl (C=O) groups is 1. The van der Waals surface area contributed by atoms with Gasteiger partial charge in [-0.2, -0.15) is 0 Å². The van der Waals surface area contributed by atoms with E-state index in [2.05, 4.69) is 0 Å². The monoisotopic (exact) mass is 264 g/mol. The summed E-state index contributed by atoms with van der Waals surface area (Å²) in [5, 5.41) is 10.1. The van der Waals surface area contributed by atoms with E-state index in [0.29, 0.717) is 30.1 Å². The second-order valence-corrected chi connectivity index (χ2v) is 5.08. The van der Waals surface area contributed by atoms with Gasteiger partial charge in [0.15, 0.2) is 0 Å². The Morgan fingerprint density at radius 2 is 2.00 bits per heavy atom. The molecule has 2 aliphatic rings. The lowest BCUT2D eigenvalue weighted by Crippen LogP contribution is -2.47. The molecule has 0 unspecified atom stereocenters. The van der Waals surface area contributed by atoms with E-state index in [1.807, 2.05) is 13.8 Å². The predicted octanol–water partition coefficient (Wildman–Crippen LogP) is 1.88. The van der Waals surface area contributed by atoms with Crippen molar-refractivity contribution in [1.82, 2.24) is 0 Å². The smallest absolute Gasteiger partial charge is 0.262 e. The van der Waals surface area contributed by atoms with E-state index in [-0.39, 0.29) is 23.2 Å². The standard InChI is InChI=1S/C14H16O5/c1-7(2)19-10-6-9-11(12(15)8(10)3)13(16)14(9)17-4-5-18-14/h6-7,15H,4-5H2,1-3H3. The highest BCUT2D eigenvalue weighted by atomic mass is 16.7. The van der Waals surface area contributed by atoms with Crippen molar-refractivity contribution in [3.05, 3.63) is 22.8 Å². The van der Waals surface area contributed by atoms with Gasteiger partial charge < -0.3 is 19.3 Å². The Balaban J connectivity index is 2.12. The molecule has 0 atom stereocenters. The van der Waals surface area contributed by atoms with Crippen LogP contribution < -0.4 is 4.74 Å². The molecule has 19 heavy (non-hydrogen) atoms. The summed E-state index contributed by atoms with van der Waals surface area (Å²) in [6, 6.07) is 1.73. The maximum Gasteiger partial charge on any atom is 0.262 e. The van der Waals surface area contributed by atoms with Gasteiger partial charge in [-0.15, -0.1) is 0 Å². The Bertz CT molecular complexity index is 555. The van der Waals surface area contributed by atoms with E-state index in [0.717, 1.165) is 0 Å². The molecule has 1 aliphatic carbocycles. The quantitative estimate of drug-likeness (QED) is 0.883. The molecule has 1 heterocycles. The number of hydrogen-bond acceptors (Lipinski definition) is 5. The van der Waals surface area contributed by atoms with Gasteiger partial charge in [0.2, 0.25) is 5.78 Å². The molecular formula is C14H16O5. The van der Waals surface area contributed by atoms with Crippen LogP contribution in [0, 0.1) is 6.92 Å². The third kappa shape index (κ3) is 1.52. The summed E-state index contributed by atoms with van der Waals surface area (Å²) in [6.07, 6.45) is -0.0201. The number of carbonyl (C=O) groups excluding carboxylic acids is 1. The predicted molar refractivity (Wildman–Crippen MR) is 66.5 cm³/mol. The molecule has 0 aromatic heterocycles. The summed E-state index contributed by atoms with van der Waals surface area (Å²) < 4.78 is 16.5. The van der Waals surface area contributed by atoms with Crippen molar-refractivity contribution >= 4 is 5.78 Å². The average Bonchev–Trinajstić information content (AvgIpc) is 2.86. The van der Waals surface area contributed by atoms with Crippen LogP contribution >= 0.6 is 0 Å². The molecule has 1 saturated heterocycles. The molecule has 1 aliphatic heterocycles. The second-order valence-electron chi connectivity index (χ2n) is 5.08. The first-order valence-corrected chi connectivity index (χ1v) is 6.34. The highest BCUT2D eigenvalue weighted by Gasteiger charge is 2.59. The van der Waals surface area contributed by atoms with Crippen LogP contribution in [0.25, 0.3) is 0 Å². The number of fused-ring (bicyclic) bond motifs is 2. The minimum absolute atomic E-state index is 0.0201. The zero-order chi connectivity index (χ0) is 13.8. The summed E-state index contributed by atoms with van der Waals surface area (Å²) in [5.74, 6) is -1.10. The molecule has 0 amide bonds. The van der Waals surface area contributed by atoms with Gasteiger partial charge in [0.1, 0.15) is 11.5 Å². The van der Waals surface area contributed by atoms with Crippen molar-refractivity contribution in [3.63, 3.8) is 0 Å². The number of hydrogen-bond donors (Lipinski definition) is 1. The SMILES string of the molecule is Cc1c(OC(C)C)cc2c(c1O)C(=O)C21OCCO1. The fourth-order valence-corrected chi connectivity index (χ4v) is 2.53. The van der Waals surface area contributed by atoms with E-state index >= 15 is 0 Å². The van der Waals surface area contributed by atoms with Crippen molar-refractivity contribution in [3.8, 4) is 11.5 Å². The molecular weight excluding hydrogens is 248 g/mol. The van der Waals surface area contributed by atoms with Gasteiger partial charge >= 0.3 is 0 Å². The number of benzene rings is 1. The lowest BCUT2D eigenvalue weighted by Gasteiger charge is -2.37. The van der Waals surface area contributed by atoms with Crippen LogP contribution in [0.1, 0.15) is 35.3 Å². The van der Waals surface area contributed by atoms with Gasteiger partial charge in [-0.1, -0.05) is 0 Å². The van der Waals surface area contributed by atoms with Crippen LogP contribution in [0.3, 0.4) is 0 Å². The van der Waals surface area contributed by atoms with Crippen molar-refractivity contribution in [2.75, 3.05) is 13.2 Å². The first-order chi connectivity index (χ1) is 8.97. The molecule has 1 aromatic carbocycles. The van der Waals surface area contributed by atoms with Crippen LogP contribution in [0.2, 0.25) is 0 Å². The van der Waals surface area contributed by atoms with E-state index in [1.54, 1.807) is 13.0 Å². The van der Waals surface area contributed by atoms with E-state index in [9.17, 15) is 9.90 Å². The largest absolute Gasteiger partial charge is 0.507 e. The normalized spacial score (nSPS) is 19.7. The summed E-state index contributed by atoms with van der Waals surface area (Å²) >= 11 is 0. The van der Waals surface area contributed by atoms with Crippen LogP contribution in [0.15, 0.2) is 6.07 Å². The second kappa shape index (κ2) is 3.95. The molecule has 5 nitrogen and oxygen atoms in total. The lowest BCUT2D eigenvalue weighted by atomic mass is 9.78. The number of ether oxygens (including phenoxy) is 3. The Morgan fingerprint density at radius 3 is 2.58 bits per heavy atom. The first kappa shape index (κ1) is 12.4. The number of aromatic hydroxyl groups is 1. The molecule has 1 N–H and O–H groups in total. The number of rotatable bonds is 2. The van der Waals surface area contributed by atoms with Gasteiger partial charge in [0, 0.05) is 11.1 Å². The van der Waals surface area contributed by atoms with Crippen LogP contribution in [-0.4, -0.2) is 30.2 Å². The maximum absolute atomic E-state index is 12.1. The van der Waals surface area contributed by atoms with Gasteiger partial charge in [-0.25, -0.2) is 0 Å². The highest BCUT2D eigenvalue weighted by Crippen LogP contribution is 2.52. The topological polar surface area (TPSA) is 65.0 Å². The van der Waals surface area contributed by atoms with E-state index < -0.39 is 5.79 Å². The molecule has 1 fully saturated rings. The fourth-order valence-electron chi connectivity index (χ4n) is 2.53. The third-order valence-electron chi connectivity index (χ3n) is 3.44. The van der Waals surface area contributed by atoms with E-state index in [1.165, 1.54) is 0 Å². The molecule has 0 saturated carbocycles. The van der Waals surface area contributed by atoms with Crippen molar-refractivity contribution in [2.24, 2.45) is 0 Å². The van der Waals surface area contributed by atoms with Gasteiger partial charge in [0.05, 0.1) is 24.9 Å². The van der Waals surface area contributed by atoms with E-state index in [4.69, 9.17) is 14.2 Å². The average molecular weight is 264 g/mol. The molecule has 1 aromatic rings. The molecule has 0 radical (unpaired) electrons. The van der Waals surface area contributed by atoms with Crippen molar-refractivity contribution in [1.29, 1.82) is 0 Å². The zero-order valence-corrected chi connectivity index (χ0v) is 11.1. The summed E-state index contributed by atoms with van der Waals surface area (Å²) in [5.41, 5.74) is 1.41. The van der Waals surface area contributed by atoms with Crippen molar-refractivity contribution < 1.29 is 24.1 Å².